The minimum atomic E-state index is -0.310. The van der Waals surface area contributed by atoms with Crippen molar-refractivity contribution in [2.24, 2.45) is 0 Å². The van der Waals surface area contributed by atoms with Gasteiger partial charge in [-0.15, -0.1) is 11.3 Å². The van der Waals surface area contributed by atoms with Gasteiger partial charge in [0.05, 0.1) is 20.8 Å². The number of carbonyl (C=O) groups is 2. The summed E-state index contributed by atoms with van der Waals surface area (Å²) in [6.07, 6.45) is 1.26. The number of hydrogen-bond donors (Lipinski definition) is 1. The number of benzene rings is 2. The fourth-order valence-corrected chi connectivity index (χ4v) is 5.01. The standard InChI is InChI=1S/C30H39N3O5S/c1-22-7-11-25(12-8-22)31-30(35)33(16-6-18-36-3)21-29(34)32(20-26-13-9-23(2)39-26)17-15-24-10-14-27(37-4)28(19-24)38-5/h7-14,19H,6,15-18,20-21H2,1-5H3,(H,31,35). The smallest absolute Gasteiger partial charge is 0.322 e. The molecule has 3 aromatic rings. The second-order valence-corrected chi connectivity index (χ2v) is 10.7. The Balaban J connectivity index is 1.75. The Labute approximate surface area is 235 Å². The van der Waals surface area contributed by atoms with Crippen LogP contribution in [0.3, 0.4) is 0 Å². The topological polar surface area (TPSA) is 80.3 Å². The molecule has 3 rings (SSSR count). The number of thiophene rings is 1. The summed E-state index contributed by atoms with van der Waals surface area (Å²) in [7, 11) is 4.84. The van der Waals surface area contributed by atoms with Crippen LogP contribution in [0.2, 0.25) is 0 Å². The molecular weight excluding hydrogens is 514 g/mol. The van der Waals surface area contributed by atoms with Crippen molar-refractivity contribution in [1.29, 1.82) is 0 Å². The van der Waals surface area contributed by atoms with Crippen LogP contribution in [-0.2, 0) is 22.5 Å². The molecule has 0 aliphatic heterocycles. The third-order valence-electron chi connectivity index (χ3n) is 6.31. The molecule has 1 N–H and O–H groups in total. The molecule has 39 heavy (non-hydrogen) atoms. The molecule has 9 heteroatoms. The maximum Gasteiger partial charge on any atom is 0.322 e. The van der Waals surface area contributed by atoms with E-state index in [-0.39, 0.29) is 18.5 Å². The molecule has 1 heterocycles. The highest BCUT2D eigenvalue weighted by molar-refractivity contribution is 7.11. The number of hydrogen-bond acceptors (Lipinski definition) is 6. The Morgan fingerprint density at radius 1 is 0.872 bits per heavy atom. The summed E-state index contributed by atoms with van der Waals surface area (Å²) in [6, 6.07) is 17.2. The number of amides is 3. The second-order valence-electron chi connectivity index (χ2n) is 9.33. The van der Waals surface area contributed by atoms with Crippen LogP contribution in [0, 0.1) is 13.8 Å². The number of methoxy groups -OCH3 is 3. The van der Waals surface area contributed by atoms with Crippen LogP contribution in [-0.4, -0.2) is 69.3 Å². The highest BCUT2D eigenvalue weighted by Gasteiger charge is 2.22. The van der Waals surface area contributed by atoms with Gasteiger partial charge in [0, 0.05) is 42.2 Å². The van der Waals surface area contributed by atoms with Gasteiger partial charge in [0.2, 0.25) is 5.91 Å². The van der Waals surface area contributed by atoms with E-state index < -0.39 is 0 Å². The van der Waals surface area contributed by atoms with Gasteiger partial charge in [-0.1, -0.05) is 23.8 Å². The van der Waals surface area contributed by atoms with Crippen molar-refractivity contribution in [3.63, 3.8) is 0 Å². The van der Waals surface area contributed by atoms with E-state index in [4.69, 9.17) is 14.2 Å². The SMILES string of the molecule is COCCCN(CC(=O)N(CCc1ccc(OC)c(OC)c1)Cc1ccc(C)s1)C(=O)Nc1ccc(C)cc1. The van der Waals surface area contributed by atoms with Gasteiger partial charge < -0.3 is 29.3 Å². The summed E-state index contributed by atoms with van der Waals surface area (Å²) in [5.74, 6) is 1.20. The minimum absolute atomic E-state index is 0.0301. The van der Waals surface area contributed by atoms with Crippen LogP contribution in [0.1, 0.15) is 27.3 Å². The summed E-state index contributed by atoms with van der Waals surface area (Å²) in [6.45, 7) is 5.90. The molecule has 8 nitrogen and oxygen atoms in total. The maximum atomic E-state index is 13.7. The van der Waals surface area contributed by atoms with Crippen molar-refractivity contribution in [3.05, 3.63) is 75.5 Å². The van der Waals surface area contributed by atoms with Crippen LogP contribution in [0.25, 0.3) is 0 Å². The summed E-state index contributed by atoms with van der Waals surface area (Å²) in [4.78, 5) is 32.6. The third-order valence-corrected chi connectivity index (χ3v) is 7.29. The average Bonchev–Trinajstić information content (AvgIpc) is 3.35. The molecule has 0 unspecified atom stereocenters. The number of nitrogens with zero attached hydrogens (tertiary/aromatic N) is 2. The fraction of sp³-hybridized carbons (Fsp3) is 0.400. The predicted octanol–water partition coefficient (Wildman–Crippen LogP) is 5.52. The molecule has 0 bridgehead atoms. The first-order valence-electron chi connectivity index (χ1n) is 13.0. The Bertz CT molecular complexity index is 1210. The van der Waals surface area contributed by atoms with Gasteiger partial charge in [0.25, 0.3) is 0 Å². The van der Waals surface area contributed by atoms with Gasteiger partial charge in [-0.2, -0.15) is 0 Å². The number of carbonyl (C=O) groups excluding carboxylic acids is 2. The number of ether oxygens (including phenoxy) is 3. The quantitative estimate of drug-likeness (QED) is 0.266. The Kier molecular flexibility index (Phi) is 11.6. The number of urea groups is 1. The minimum Gasteiger partial charge on any atom is -0.493 e. The zero-order valence-electron chi connectivity index (χ0n) is 23.5. The zero-order valence-corrected chi connectivity index (χ0v) is 24.3. The molecule has 0 aliphatic rings. The van der Waals surface area contributed by atoms with Crippen LogP contribution >= 0.6 is 11.3 Å². The van der Waals surface area contributed by atoms with Crippen molar-refractivity contribution < 1.29 is 23.8 Å². The van der Waals surface area contributed by atoms with Crippen LogP contribution in [0.5, 0.6) is 11.5 Å². The molecule has 2 aromatic carbocycles. The highest BCUT2D eigenvalue weighted by Crippen LogP contribution is 2.28. The zero-order chi connectivity index (χ0) is 28.2. The van der Waals surface area contributed by atoms with Gasteiger partial charge in [-0.05, 0) is 68.7 Å². The maximum absolute atomic E-state index is 13.7. The molecular formula is C30H39N3O5S. The van der Waals surface area contributed by atoms with E-state index in [1.807, 2.05) is 54.3 Å². The van der Waals surface area contributed by atoms with Crippen LogP contribution in [0.4, 0.5) is 10.5 Å². The lowest BCUT2D eigenvalue weighted by atomic mass is 10.1. The first kappa shape index (κ1) is 30.0. The Hall–Kier alpha value is -3.56. The van der Waals surface area contributed by atoms with Gasteiger partial charge in [0.1, 0.15) is 6.54 Å². The number of aryl methyl sites for hydroxylation is 2. The lowest BCUT2D eigenvalue weighted by molar-refractivity contribution is -0.132. The fourth-order valence-electron chi connectivity index (χ4n) is 4.11. The average molecular weight is 554 g/mol. The molecule has 0 radical (unpaired) electrons. The molecule has 0 atom stereocenters. The summed E-state index contributed by atoms with van der Waals surface area (Å²) in [5.41, 5.74) is 2.82. The number of rotatable bonds is 14. The van der Waals surface area contributed by atoms with Crippen molar-refractivity contribution in [3.8, 4) is 11.5 Å². The third kappa shape index (κ3) is 9.30. The molecule has 1 aromatic heterocycles. The number of anilines is 1. The van der Waals surface area contributed by atoms with Gasteiger partial charge in [0.15, 0.2) is 11.5 Å². The van der Waals surface area contributed by atoms with E-state index in [0.29, 0.717) is 56.3 Å². The van der Waals surface area contributed by atoms with Crippen LogP contribution in [0.15, 0.2) is 54.6 Å². The predicted molar refractivity (Wildman–Crippen MR) is 156 cm³/mol. The molecule has 0 spiro atoms. The monoisotopic (exact) mass is 553 g/mol. The van der Waals surface area contributed by atoms with Gasteiger partial charge in [-0.3, -0.25) is 4.79 Å². The van der Waals surface area contributed by atoms with E-state index in [2.05, 4.69) is 24.4 Å². The van der Waals surface area contributed by atoms with E-state index in [0.717, 1.165) is 16.0 Å². The first-order valence-corrected chi connectivity index (χ1v) is 13.8. The molecule has 0 saturated heterocycles. The molecule has 210 valence electrons. The summed E-state index contributed by atoms with van der Waals surface area (Å²) >= 11 is 1.67. The highest BCUT2D eigenvalue weighted by atomic mass is 32.1. The number of nitrogens with one attached hydrogen (secondary N) is 1. The molecule has 0 saturated carbocycles. The van der Waals surface area contributed by atoms with Crippen molar-refractivity contribution in [2.45, 2.75) is 33.2 Å². The van der Waals surface area contributed by atoms with Gasteiger partial charge in [-0.25, -0.2) is 4.79 Å². The van der Waals surface area contributed by atoms with Crippen molar-refractivity contribution >= 4 is 29.0 Å². The molecule has 3 amide bonds. The summed E-state index contributed by atoms with van der Waals surface area (Å²) < 4.78 is 16.0. The van der Waals surface area contributed by atoms with E-state index in [1.54, 1.807) is 37.6 Å². The lowest BCUT2D eigenvalue weighted by Gasteiger charge is -2.28. The van der Waals surface area contributed by atoms with Crippen molar-refractivity contribution in [2.75, 3.05) is 52.9 Å². The Morgan fingerprint density at radius 2 is 1.62 bits per heavy atom. The normalized spacial score (nSPS) is 10.7. The van der Waals surface area contributed by atoms with E-state index in [9.17, 15) is 9.59 Å². The van der Waals surface area contributed by atoms with Crippen LogP contribution < -0.4 is 14.8 Å². The summed E-state index contributed by atoms with van der Waals surface area (Å²) in [5, 5.41) is 2.93. The largest absolute Gasteiger partial charge is 0.493 e. The Morgan fingerprint density at radius 3 is 2.26 bits per heavy atom. The van der Waals surface area contributed by atoms with E-state index >= 15 is 0 Å². The molecule has 0 aliphatic carbocycles. The van der Waals surface area contributed by atoms with Gasteiger partial charge >= 0.3 is 6.03 Å². The van der Waals surface area contributed by atoms with E-state index in [1.165, 1.54) is 4.88 Å². The lowest BCUT2D eigenvalue weighted by Crippen LogP contribution is -2.45. The van der Waals surface area contributed by atoms with Crippen molar-refractivity contribution in [1.82, 2.24) is 9.80 Å². The second kappa shape index (κ2) is 15.1. The first-order chi connectivity index (χ1) is 18.8. The molecule has 0 fully saturated rings.